The number of phenolic OH excluding ortho intramolecular Hbond substituents is 1. The van der Waals surface area contributed by atoms with Crippen LogP contribution in [0.25, 0.3) is 22.2 Å². The fourth-order valence-corrected chi connectivity index (χ4v) is 2.01. The first kappa shape index (κ1) is 9.84. The number of pyridine rings is 1. The van der Waals surface area contributed by atoms with Crippen molar-refractivity contribution in [2.24, 2.45) is 0 Å². The van der Waals surface area contributed by atoms with Crippen LogP contribution < -0.4 is 0 Å². The van der Waals surface area contributed by atoms with Crippen LogP contribution in [0, 0.1) is 6.92 Å². The first-order chi connectivity index (χ1) is 8.27. The maximum Gasteiger partial charge on any atom is 0.151 e. The van der Waals surface area contributed by atoms with E-state index in [4.69, 9.17) is 0 Å². The molecule has 0 aliphatic carbocycles. The number of H-pyrrole nitrogens is 1. The van der Waals surface area contributed by atoms with Crippen LogP contribution in [0.4, 0.5) is 0 Å². The molecule has 0 aliphatic heterocycles. The third-order valence-electron chi connectivity index (χ3n) is 2.86. The minimum atomic E-state index is 0.190. The van der Waals surface area contributed by atoms with Crippen molar-refractivity contribution in [1.82, 2.24) is 15.0 Å². The molecule has 1 aromatic carbocycles. The normalized spacial score (nSPS) is 10.9. The molecule has 4 heteroatoms. The van der Waals surface area contributed by atoms with Gasteiger partial charge in [0.25, 0.3) is 0 Å². The SMILES string of the molecule is Cc1cc(-c2cnc[nH]2)c(O)c2ncccc12. The quantitative estimate of drug-likeness (QED) is 0.669. The van der Waals surface area contributed by atoms with Crippen LogP contribution >= 0.6 is 0 Å². The van der Waals surface area contributed by atoms with Gasteiger partial charge in [-0.05, 0) is 24.6 Å². The lowest BCUT2D eigenvalue weighted by molar-refractivity contribution is 0.482. The molecular formula is C13H11N3O. The third kappa shape index (κ3) is 1.45. The molecular weight excluding hydrogens is 214 g/mol. The van der Waals surface area contributed by atoms with Gasteiger partial charge in [-0.1, -0.05) is 6.07 Å². The Morgan fingerprint density at radius 3 is 3.00 bits per heavy atom. The number of hydrogen-bond donors (Lipinski definition) is 2. The number of nitrogens with one attached hydrogen (secondary N) is 1. The van der Waals surface area contributed by atoms with Crippen molar-refractivity contribution in [1.29, 1.82) is 0 Å². The number of fused-ring (bicyclic) bond motifs is 1. The van der Waals surface area contributed by atoms with Crippen LogP contribution in [-0.2, 0) is 0 Å². The Morgan fingerprint density at radius 1 is 1.35 bits per heavy atom. The molecule has 2 aromatic heterocycles. The van der Waals surface area contributed by atoms with Gasteiger partial charge in [0, 0.05) is 17.1 Å². The summed E-state index contributed by atoms with van der Waals surface area (Å²) in [6.45, 7) is 2.00. The summed E-state index contributed by atoms with van der Waals surface area (Å²) in [7, 11) is 0. The Hall–Kier alpha value is -2.36. The summed E-state index contributed by atoms with van der Waals surface area (Å²) in [5.74, 6) is 0.190. The molecule has 0 bridgehead atoms. The summed E-state index contributed by atoms with van der Waals surface area (Å²) in [6, 6.07) is 5.76. The maximum absolute atomic E-state index is 10.2. The lowest BCUT2D eigenvalue weighted by Gasteiger charge is -2.08. The molecule has 0 aliphatic rings. The monoisotopic (exact) mass is 225 g/mol. The van der Waals surface area contributed by atoms with Gasteiger partial charge in [-0.2, -0.15) is 0 Å². The Morgan fingerprint density at radius 2 is 2.24 bits per heavy atom. The molecule has 3 rings (SSSR count). The van der Waals surface area contributed by atoms with E-state index >= 15 is 0 Å². The summed E-state index contributed by atoms with van der Waals surface area (Å²) in [4.78, 5) is 11.2. The Balaban J connectivity index is 2.39. The van der Waals surface area contributed by atoms with E-state index in [1.807, 2.05) is 25.1 Å². The minimum Gasteiger partial charge on any atom is -0.505 e. The van der Waals surface area contributed by atoms with E-state index in [0.717, 1.165) is 22.2 Å². The van der Waals surface area contributed by atoms with Gasteiger partial charge >= 0.3 is 0 Å². The molecule has 0 radical (unpaired) electrons. The molecule has 2 heterocycles. The molecule has 2 N–H and O–H groups in total. The van der Waals surface area contributed by atoms with Crippen LogP contribution in [0.15, 0.2) is 36.9 Å². The Bertz CT molecular complexity index is 674. The van der Waals surface area contributed by atoms with Gasteiger partial charge in [-0.15, -0.1) is 0 Å². The fraction of sp³-hybridized carbons (Fsp3) is 0.0769. The molecule has 0 atom stereocenters. The zero-order chi connectivity index (χ0) is 11.8. The van der Waals surface area contributed by atoms with Crippen LogP contribution in [0.1, 0.15) is 5.56 Å². The molecule has 0 saturated carbocycles. The number of nitrogens with zero attached hydrogens (tertiary/aromatic N) is 2. The zero-order valence-corrected chi connectivity index (χ0v) is 9.31. The highest BCUT2D eigenvalue weighted by molar-refractivity contribution is 5.93. The van der Waals surface area contributed by atoms with E-state index in [1.54, 1.807) is 18.7 Å². The van der Waals surface area contributed by atoms with Crippen molar-refractivity contribution in [3.8, 4) is 17.0 Å². The van der Waals surface area contributed by atoms with Crippen molar-refractivity contribution in [2.75, 3.05) is 0 Å². The average molecular weight is 225 g/mol. The standard InChI is InChI=1S/C13H11N3O/c1-8-5-10(11-6-14-7-16-11)13(17)12-9(8)3-2-4-15-12/h2-7,17H,1H3,(H,14,16). The van der Waals surface area contributed by atoms with Gasteiger partial charge in [-0.25, -0.2) is 4.98 Å². The van der Waals surface area contributed by atoms with Gasteiger partial charge < -0.3 is 10.1 Å². The Labute approximate surface area is 98.0 Å². The van der Waals surface area contributed by atoms with E-state index < -0.39 is 0 Å². The lowest BCUT2D eigenvalue weighted by atomic mass is 10.0. The maximum atomic E-state index is 10.2. The van der Waals surface area contributed by atoms with E-state index in [-0.39, 0.29) is 5.75 Å². The van der Waals surface area contributed by atoms with E-state index in [9.17, 15) is 5.11 Å². The van der Waals surface area contributed by atoms with Crippen LogP contribution in [0.3, 0.4) is 0 Å². The molecule has 4 nitrogen and oxygen atoms in total. The second-order valence-corrected chi connectivity index (χ2v) is 3.95. The number of aryl methyl sites for hydroxylation is 1. The Kier molecular flexibility index (Phi) is 2.08. The predicted molar refractivity (Wildman–Crippen MR) is 65.7 cm³/mol. The molecule has 0 unspecified atom stereocenters. The van der Waals surface area contributed by atoms with E-state index in [2.05, 4.69) is 15.0 Å². The second-order valence-electron chi connectivity index (χ2n) is 3.95. The summed E-state index contributed by atoms with van der Waals surface area (Å²) in [5.41, 5.74) is 3.22. The van der Waals surface area contributed by atoms with Gasteiger partial charge in [-0.3, -0.25) is 4.98 Å². The summed E-state index contributed by atoms with van der Waals surface area (Å²) in [5, 5.41) is 11.2. The predicted octanol–water partition coefficient (Wildman–Crippen LogP) is 2.64. The molecule has 84 valence electrons. The topological polar surface area (TPSA) is 61.8 Å². The highest BCUT2D eigenvalue weighted by atomic mass is 16.3. The van der Waals surface area contributed by atoms with Gasteiger partial charge in [0.1, 0.15) is 5.52 Å². The number of hydrogen-bond acceptors (Lipinski definition) is 3. The first-order valence-electron chi connectivity index (χ1n) is 5.33. The summed E-state index contributed by atoms with van der Waals surface area (Å²) in [6.07, 6.45) is 4.95. The van der Waals surface area contributed by atoms with Crippen LogP contribution in [0.2, 0.25) is 0 Å². The zero-order valence-electron chi connectivity index (χ0n) is 9.31. The third-order valence-corrected chi connectivity index (χ3v) is 2.86. The second kappa shape index (κ2) is 3.59. The number of imidazole rings is 1. The van der Waals surface area contributed by atoms with Gasteiger partial charge in [0.2, 0.25) is 0 Å². The minimum absolute atomic E-state index is 0.190. The number of aromatic nitrogens is 3. The number of aromatic hydroxyl groups is 1. The number of phenols is 1. The first-order valence-corrected chi connectivity index (χ1v) is 5.33. The number of benzene rings is 1. The smallest absolute Gasteiger partial charge is 0.151 e. The molecule has 0 saturated heterocycles. The number of rotatable bonds is 1. The van der Waals surface area contributed by atoms with Crippen LogP contribution in [0.5, 0.6) is 5.75 Å². The summed E-state index contributed by atoms with van der Waals surface area (Å²) >= 11 is 0. The molecule has 17 heavy (non-hydrogen) atoms. The van der Waals surface area contributed by atoms with Crippen LogP contribution in [-0.4, -0.2) is 20.1 Å². The lowest BCUT2D eigenvalue weighted by Crippen LogP contribution is -1.87. The average Bonchev–Trinajstić information content (AvgIpc) is 2.87. The molecule has 0 fully saturated rings. The highest BCUT2D eigenvalue weighted by Crippen LogP contribution is 2.35. The molecule has 0 spiro atoms. The van der Waals surface area contributed by atoms with E-state index in [1.165, 1.54) is 0 Å². The van der Waals surface area contributed by atoms with Gasteiger partial charge in [0.05, 0.1) is 18.2 Å². The van der Waals surface area contributed by atoms with Crippen molar-refractivity contribution < 1.29 is 5.11 Å². The van der Waals surface area contributed by atoms with Crippen molar-refractivity contribution >= 4 is 10.9 Å². The van der Waals surface area contributed by atoms with E-state index in [0.29, 0.717) is 5.52 Å². The largest absolute Gasteiger partial charge is 0.505 e. The van der Waals surface area contributed by atoms with Crippen molar-refractivity contribution in [3.63, 3.8) is 0 Å². The molecule has 0 amide bonds. The highest BCUT2D eigenvalue weighted by Gasteiger charge is 2.12. The van der Waals surface area contributed by atoms with Crippen molar-refractivity contribution in [3.05, 3.63) is 42.5 Å². The fourth-order valence-electron chi connectivity index (χ4n) is 2.01. The number of aromatic amines is 1. The van der Waals surface area contributed by atoms with Crippen molar-refractivity contribution in [2.45, 2.75) is 6.92 Å². The molecule has 3 aromatic rings. The summed E-state index contributed by atoms with van der Waals surface area (Å²) < 4.78 is 0. The van der Waals surface area contributed by atoms with Gasteiger partial charge in [0.15, 0.2) is 5.75 Å².